The molecule has 3 aromatic rings. The van der Waals surface area contributed by atoms with Crippen molar-refractivity contribution >= 4 is 48.5 Å². The molecule has 0 spiro atoms. The summed E-state index contributed by atoms with van der Waals surface area (Å²) in [6.07, 6.45) is 3.47. The van der Waals surface area contributed by atoms with Crippen LogP contribution in [0.4, 0.5) is 5.69 Å². The van der Waals surface area contributed by atoms with Crippen LogP contribution in [0, 0.1) is 0 Å². The molecule has 96 valence electrons. The minimum atomic E-state index is 0.616. The van der Waals surface area contributed by atoms with Crippen LogP contribution < -0.4 is 5.32 Å². The topological polar surface area (TPSA) is 38.1 Å². The van der Waals surface area contributed by atoms with Gasteiger partial charge in [-0.3, -0.25) is 4.98 Å². The van der Waals surface area contributed by atoms with Crippen molar-refractivity contribution in [1.29, 1.82) is 0 Å². The first-order valence-electron chi connectivity index (χ1n) is 5.74. The summed E-state index contributed by atoms with van der Waals surface area (Å²) in [7, 11) is 0. The number of nitrogens with zero attached hydrogens (tertiary/aromatic N) is 1. The molecule has 19 heavy (non-hydrogen) atoms. The maximum atomic E-state index is 5.38. The summed E-state index contributed by atoms with van der Waals surface area (Å²) in [4.78, 5) is 4.45. The molecule has 3 rings (SSSR count). The van der Waals surface area contributed by atoms with Gasteiger partial charge in [-0.2, -0.15) is 0 Å². The van der Waals surface area contributed by atoms with Crippen LogP contribution in [0.1, 0.15) is 5.76 Å². The number of nitrogens with one attached hydrogen (secondary N) is 1. The first kappa shape index (κ1) is 12.7. The number of aromatic nitrogens is 1. The molecule has 0 saturated heterocycles. The Labute approximate surface area is 127 Å². The molecule has 2 aromatic heterocycles. The van der Waals surface area contributed by atoms with E-state index in [0.717, 1.165) is 31.3 Å². The van der Waals surface area contributed by atoms with E-state index in [2.05, 4.69) is 48.2 Å². The maximum Gasteiger partial charge on any atom is 0.136 e. The molecule has 0 saturated carbocycles. The van der Waals surface area contributed by atoms with E-state index < -0.39 is 0 Å². The number of hydrogen-bond donors (Lipinski definition) is 1. The Morgan fingerprint density at radius 3 is 2.89 bits per heavy atom. The minimum Gasteiger partial charge on any atom is -0.466 e. The molecule has 0 aliphatic rings. The highest BCUT2D eigenvalue weighted by Crippen LogP contribution is 2.25. The van der Waals surface area contributed by atoms with Crippen LogP contribution in [0.15, 0.2) is 56.2 Å². The van der Waals surface area contributed by atoms with Crippen LogP contribution in [-0.2, 0) is 6.54 Å². The zero-order valence-corrected chi connectivity index (χ0v) is 13.0. The molecule has 5 heteroatoms. The SMILES string of the molecule is Brc1cnc2c(NCc3occc3Br)cccc2c1. The van der Waals surface area contributed by atoms with Crippen molar-refractivity contribution < 1.29 is 4.42 Å². The lowest BCUT2D eigenvalue weighted by Gasteiger charge is -2.08. The minimum absolute atomic E-state index is 0.616. The van der Waals surface area contributed by atoms with Crippen LogP contribution in [-0.4, -0.2) is 4.98 Å². The second-order valence-electron chi connectivity index (χ2n) is 4.08. The fourth-order valence-corrected chi connectivity index (χ4v) is 2.59. The van der Waals surface area contributed by atoms with Gasteiger partial charge < -0.3 is 9.73 Å². The van der Waals surface area contributed by atoms with Crippen LogP contribution in [0.25, 0.3) is 10.9 Å². The summed E-state index contributed by atoms with van der Waals surface area (Å²) in [5.74, 6) is 0.870. The Morgan fingerprint density at radius 1 is 1.21 bits per heavy atom. The highest BCUT2D eigenvalue weighted by Gasteiger charge is 2.06. The number of rotatable bonds is 3. The first-order valence-corrected chi connectivity index (χ1v) is 7.32. The van der Waals surface area contributed by atoms with Crippen molar-refractivity contribution in [2.45, 2.75) is 6.54 Å². The Hall–Kier alpha value is -1.33. The van der Waals surface area contributed by atoms with E-state index in [9.17, 15) is 0 Å². The van der Waals surface area contributed by atoms with Gasteiger partial charge in [0.25, 0.3) is 0 Å². The van der Waals surface area contributed by atoms with Gasteiger partial charge in [-0.05, 0) is 50.1 Å². The van der Waals surface area contributed by atoms with Crippen molar-refractivity contribution in [2.75, 3.05) is 5.32 Å². The largest absolute Gasteiger partial charge is 0.466 e. The summed E-state index contributed by atoms with van der Waals surface area (Å²) in [5, 5.41) is 4.44. The smallest absolute Gasteiger partial charge is 0.136 e. The van der Waals surface area contributed by atoms with Gasteiger partial charge >= 0.3 is 0 Å². The number of pyridine rings is 1. The van der Waals surface area contributed by atoms with Crippen molar-refractivity contribution in [3.63, 3.8) is 0 Å². The zero-order chi connectivity index (χ0) is 13.2. The third-order valence-electron chi connectivity index (χ3n) is 2.81. The van der Waals surface area contributed by atoms with E-state index in [1.165, 1.54) is 0 Å². The highest BCUT2D eigenvalue weighted by molar-refractivity contribution is 9.10. The highest BCUT2D eigenvalue weighted by atomic mass is 79.9. The predicted molar refractivity (Wildman–Crippen MR) is 83.2 cm³/mol. The molecule has 0 radical (unpaired) electrons. The molecular formula is C14H10Br2N2O. The summed E-state index contributed by atoms with van der Waals surface area (Å²) >= 11 is 6.88. The van der Waals surface area contributed by atoms with Crippen molar-refractivity contribution in [2.24, 2.45) is 0 Å². The average Bonchev–Trinajstić information content (AvgIpc) is 2.81. The van der Waals surface area contributed by atoms with Gasteiger partial charge in [0.1, 0.15) is 5.76 Å². The lowest BCUT2D eigenvalue weighted by atomic mass is 10.2. The summed E-state index contributed by atoms with van der Waals surface area (Å²) in [5.41, 5.74) is 1.95. The van der Waals surface area contributed by atoms with E-state index in [1.54, 1.807) is 12.5 Å². The fourth-order valence-electron chi connectivity index (χ4n) is 1.90. The van der Waals surface area contributed by atoms with Gasteiger partial charge in [0.15, 0.2) is 0 Å². The van der Waals surface area contributed by atoms with Gasteiger partial charge in [-0.1, -0.05) is 12.1 Å². The van der Waals surface area contributed by atoms with Crippen molar-refractivity contribution in [3.8, 4) is 0 Å². The molecule has 0 bridgehead atoms. The summed E-state index contributed by atoms with van der Waals surface area (Å²) in [6.45, 7) is 0.616. The second kappa shape index (κ2) is 5.35. The molecule has 0 amide bonds. The molecular weight excluding hydrogens is 372 g/mol. The third-order valence-corrected chi connectivity index (χ3v) is 3.95. The van der Waals surface area contributed by atoms with E-state index in [1.807, 2.05) is 24.3 Å². The van der Waals surface area contributed by atoms with Gasteiger partial charge in [0.2, 0.25) is 0 Å². The molecule has 0 atom stereocenters. The third kappa shape index (κ3) is 2.67. The number of fused-ring (bicyclic) bond motifs is 1. The van der Waals surface area contributed by atoms with Gasteiger partial charge in [-0.25, -0.2) is 0 Å². The summed E-state index contributed by atoms with van der Waals surface area (Å²) in [6, 6.07) is 10.0. The van der Waals surface area contributed by atoms with E-state index in [4.69, 9.17) is 4.42 Å². The van der Waals surface area contributed by atoms with Gasteiger partial charge in [-0.15, -0.1) is 0 Å². The predicted octanol–water partition coefficient (Wildman–Crippen LogP) is 4.96. The average molecular weight is 382 g/mol. The number of anilines is 1. The van der Waals surface area contributed by atoms with Gasteiger partial charge in [0, 0.05) is 16.1 Å². The zero-order valence-electron chi connectivity index (χ0n) is 9.86. The van der Waals surface area contributed by atoms with Crippen LogP contribution in [0.5, 0.6) is 0 Å². The number of halogens is 2. The Bertz CT molecular complexity index is 724. The number of para-hydroxylation sites is 1. The van der Waals surface area contributed by atoms with Crippen molar-refractivity contribution in [1.82, 2.24) is 4.98 Å². The van der Waals surface area contributed by atoms with Crippen LogP contribution in [0.2, 0.25) is 0 Å². The monoisotopic (exact) mass is 380 g/mol. The molecule has 1 N–H and O–H groups in total. The second-order valence-corrected chi connectivity index (χ2v) is 5.85. The molecule has 3 nitrogen and oxygen atoms in total. The molecule has 1 aromatic carbocycles. The Morgan fingerprint density at radius 2 is 2.11 bits per heavy atom. The molecule has 0 aliphatic carbocycles. The number of furan rings is 1. The van der Waals surface area contributed by atoms with Gasteiger partial charge in [0.05, 0.1) is 28.5 Å². The normalized spacial score (nSPS) is 10.8. The molecule has 0 unspecified atom stereocenters. The molecule has 0 aliphatic heterocycles. The molecule has 2 heterocycles. The number of hydrogen-bond acceptors (Lipinski definition) is 3. The van der Waals surface area contributed by atoms with Crippen LogP contribution >= 0.6 is 31.9 Å². The van der Waals surface area contributed by atoms with E-state index in [-0.39, 0.29) is 0 Å². The fraction of sp³-hybridized carbons (Fsp3) is 0.0714. The summed E-state index contributed by atoms with van der Waals surface area (Å²) < 4.78 is 7.33. The lowest BCUT2D eigenvalue weighted by Crippen LogP contribution is -2.00. The Kier molecular flexibility index (Phi) is 3.57. The van der Waals surface area contributed by atoms with E-state index in [0.29, 0.717) is 6.54 Å². The molecule has 0 fully saturated rings. The standard InChI is InChI=1S/C14H10Br2N2O/c15-10-6-9-2-1-3-12(14(9)18-7-10)17-8-13-11(16)4-5-19-13/h1-7,17H,8H2. The number of benzene rings is 1. The van der Waals surface area contributed by atoms with Crippen LogP contribution in [0.3, 0.4) is 0 Å². The van der Waals surface area contributed by atoms with Crippen molar-refractivity contribution in [3.05, 3.63) is 57.5 Å². The maximum absolute atomic E-state index is 5.38. The quantitative estimate of drug-likeness (QED) is 0.696. The lowest BCUT2D eigenvalue weighted by molar-refractivity contribution is 0.516. The Balaban J connectivity index is 1.91. The first-order chi connectivity index (χ1) is 9.24. The van der Waals surface area contributed by atoms with E-state index >= 15 is 0 Å².